The maximum Gasteiger partial charge on any atom is 0.119 e. The Morgan fingerprint density at radius 3 is 2.79 bits per heavy atom. The van der Waals surface area contributed by atoms with E-state index in [0.29, 0.717) is 6.61 Å². The van der Waals surface area contributed by atoms with Crippen molar-refractivity contribution in [1.29, 1.82) is 0 Å². The van der Waals surface area contributed by atoms with Gasteiger partial charge in [0, 0.05) is 25.8 Å². The Balaban J connectivity index is 1.66. The monoisotopic (exact) mass is 261 g/mol. The average molecular weight is 261 g/mol. The Labute approximate surface area is 112 Å². The van der Waals surface area contributed by atoms with Gasteiger partial charge in [-0.3, -0.25) is 4.68 Å². The lowest BCUT2D eigenvalue weighted by molar-refractivity contribution is 0.288. The molecule has 0 atom stereocenters. The van der Waals surface area contributed by atoms with Crippen LogP contribution in [0.1, 0.15) is 18.5 Å². The highest BCUT2D eigenvalue weighted by Crippen LogP contribution is 2.08. The predicted molar refractivity (Wildman–Crippen MR) is 72.0 cm³/mol. The first kappa shape index (κ1) is 13.5. The van der Waals surface area contributed by atoms with E-state index in [-0.39, 0.29) is 6.61 Å². The van der Waals surface area contributed by atoms with Crippen LogP contribution in [0.2, 0.25) is 0 Å². The first-order valence-electron chi connectivity index (χ1n) is 6.56. The highest BCUT2D eigenvalue weighted by Gasteiger charge is 2.00. The minimum atomic E-state index is 0.192. The van der Waals surface area contributed by atoms with Gasteiger partial charge in [-0.05, 0) is 25.0 Å². The smallest absolute Gasteiger partial charge is 0.119 e. The fourth-order valence-corrected chi connectivity index (χ4v) is 1.76. The van der Waals surface area contributed by atoms with Crippen LogP contribution in [0.15, 0.2) is 36.5 Å². The summed E-state index contributed by atoms with van der Waals surface area (Å²) in [7, 11) is 0. The summed E-state index contributed by atoms with van der Waals surface area (Å²) in [6, 6.07) is 9.78. The Bertz CT molecular complexity index is 471. The van der Waals surface area contributed by atoms with Crippen molar-refractivity contribution in [3.63, 3.8) is 0 Å². The highest BCUT2D eigenvalue weighted by molar-refractivity contribution is 5.20. The summed E-state index contributed by atoms with van der Waals surface area (Å²) >= 11 is 0. The van der Waals surface area contributed by atoms with Gasteiger partial charge in [-0.2, -0.15) is 0 Å². The Morgan fingerprint density at radius 2 is 2.00 bits per heavy atom. The summed E-state index contributed by atoms with van der Waals surface area (Å²) in [5.41, 5.74) is 0.929. The van der Waals surface area contributed by atoms with Crippen LogP contribution in [0.4, 0.5) is 0 Å². The van der Waals surface area contributed by atoms with Gasteiger partial charge in [0.2, 0.25) is 0 Å². The van der Waals surface area contributed by atoms with Crippen LogP contribution >= 0.6 is 0 Å². The molecule has 0 fully saturated rings. The quantitative estimate of drug-likeness (QED) is 0.734. The summed E-state index contributed by atoms with van der Waals surface area (Å²) in [6.45, 7) is 1.65. The summed E-state index contributed by atoms with van der Waals surface area (Å²) in [4.78, 5) is 0. The van der Waals surface area contributed by atoms with E-state index in [9.17, 15) is 0 Å². The summed E-state index contributed by atoms with van der Waals surface area (Å²) in [6.07, 6.45) is 4.32. The maximum absolute atomic E-state index is 8.74. The second-order valence-corrected chi connectivity index (χ2v) is 4.32. The van der Waals surface area contributed by atoms with Crippen LogP contribution in [0.3, 0.4) is 0 Å². The molecule has 1 N–H and O–H groups in total. The van der Waals surface area contributed by atoms with E-state index in [1.807, 2.05) is 41.2 Å². The third-order valence-corrected chi connectivity index (χ3v) is 2.72. The molecule has 0 saturated heterocycles. The molecular formula is C14H19N3O2. The SMILES string of the molecule is OCCCc1cn(CCCOc2ccccc2)nn1. The van der Waals surface area contributed by atoms with Gasteiger partial charge < -0.3 is 9.84 Å². The lowest BCUT2D eigenvalue weighted by atomic mass is 10.3. The fraction of sp³-hybridized carbons (Fsp3) is 0.429. The van der Waals surface area contributed by atoms with Crippen molar-refractivity contribution >= 4 is 0 Å². The molecule has 0 aliphatic carbocycles. The number of aryl methyl sites for hydroxylation is 2. The van der Waals surface area contributed by atoms with Crippen molar-refractivity contribution in [3.05, 3.63) is 42.2 Å². The molecule has 5 heteroatoms. The summed E-state index contributed by atoms with van der Waals surface area (Å²) < 4.78 is 7.43. The van der Waals surface area contributed by atoms with E-state index in [1.54, 1.807) is 0 Å². The molecule has 0 amide bonds. The van der Waals surface area contributed by atoms with E-state index < -0.39 is 0 Å². The minimum Gasteiger partial charge on any atom is -0.494 e. The van der Waals surface area contributed by atoms with Crippen molar-refractivity contribution in [2.75, 3.05) is 13.2 Å². The Hall–Kier alpha value is -1.88. The number of aliphatic hydroxyl groups is 1. The molecule has 0 aliphatic heterocycles. The van der Waals surface area contributed by atoms with Gasteiger partial charge in [-0.15, -0.1) is 5.10 Å². The van der Waals surface area contributed by atoms with Crippen molar-refractivity contribution in [2.24, 2.45) is 0 Å². The molecule has 0 saturated carbocycles. The molecule has 0 radical (unpaired) electrons. The molecule has 1 heterocycles. The zero-order chi connectivity index (χ0) is 13.3. The molecular weight excluding hydrogens is 242 g/mol. The van der Waals surface area contributed by atoms with E-state index in [0.717, 1.165) is 37.3 Å². The lowest BCUT2D eigenvalue weighted by Gasteiger charge is -2.05. The van der Waals surface area contributed by atoms with Gasteiger partial charge in [0.05, 0.1) is 12.3 Å². The Kier molecular flexibility index (Phi) is 5.37. The molecule has 0 bridgehead atoms. The van der Waals surface area contributed by atoms with Crippen LogP contribution in [-0.4, -0.2) is 33.3 Å². The van der Waals surface area contributed by atoms with Gasteiger partial charge in [0.15, 0.2) is 0 Å². The lowest BCUT2D eigenvalue weighted by Crippen LogP contribution is -2.05. The predicted octanol–water partition coefficient (Wildman–Crippen LogP) is 1.67. The van der Waals surface area contributed by atoms with Crippen molar-refractivity contribution in [1.82, 2.24) is 15.0 Å². The van der Waals surface area contributed by atoms with Gasteiger partial charge >= 0.3 is 0 Å². The average Bonchev–Trinajstić information content (AvgIpc) is 2.90. The van der Waals surface area contributed by atoms with Crippen molar-refractivity contribution in [3.8, 4) is 5.75 Å². The summed E-state index contributed by atoms with van der Waals surface area (Å²) in [5.74, 6) is 0.893. The van der Waals surface area contributed by atoms with Crippen molar-refractivity contribution < 1.29 is 9.84 Å². The molecule has 102 valence electrons. The van der Waals surface area contributed by atoms with Gasteiger partial charge in [-0.25, -0.2) is 0 Å². The maximum atomic E-state index is 8.74. The molecule has 2 rings (SSSR count). The van der Waals surface area contributed by atoms with Gasteiger partial charge in [-0.1, -0.05) is 23.4 Å². The summed E-state index contributed by atoms with van der Waals surface area (Å²) in [5, 5.41) is 16.8. The first-order valence-corrected chi connectivity index (χ1v) is 6.56. The third kappa shape index (κ3) is 4.71. The van der Waals surface area contributed by atoms with Crippen LogP contribution in [0.5, 0.6) is 5.75 Å². The van der Waals surface area contributed by atoms with E-state index in [4.69, 9.17) is 9.84 Å². The second-order valence-electron chi connectivity index (χ2n) is 4.32. The highest BCUT2D eigenvalue weighted by atomic mass is 16.5. The first-order chi connectivity index (χ1) is 9.38. The molecule has 5 nitrogen and oxygen atoms in total. The molecule has 2 aromatic rings. The standard InChI is InChI=1S/C14H19N3O2/c18-10-4-6-13-12-17(16-15-13)9-5-11-19-14-7-2-1-3-8-14/h1-3,7-8,12,18H,4-6,9-11H2. The van der Waals surface area contributed by atoms with E-state index in [1.165, 1.54) is 0 Å². The largest absolute Gasteiger partial charge is 0.494 e. The number of rotatable bonds is 8. The Morgan fingerprint density at radius 1 is 1.16 bits per heavy atom. The third-order valence-electron chi connectivity index (χ3n) is 2.72. The molecule has 19 heavy (non-hydrogen) atoms. The normalized spacial score (nSPS) is 10.6. The van der Waals surface area contributed by atoms with Crippen LogP contribution in [0, 0.1) is 0 Å². The number of aliphatic hydroxyl groups excluding tert-OH is 1. The van der Waals surface area contributed by atoms with Crippen molar-refractivity contribution in [2.45, 2.75) is 25.8 Å². The number of para-hydroxylation sites is 1. The van der Waals surface area contributed by atoms with Crippen LogP contribution in [0.25, 0.3) is 0 Å². The molecule has 1 aromatic carbocycles. The molecule has 1 aromatic heterocycles. The number of hydrogen-bond acceptors (Lipinski definition) is 4. The zero-order valence-electron chi connectivity index (χ0n) is 10.9. The second kappa shape index (κ2) is 7.53. The number of benzene rings is 1. The molecule has 0 spiro atoms. The topological polar surface area (TPSA) is 60.2 Å². The number of hydrogen-bond donors (Lipinski definition) is 1. The number of aromatic nitrogens is 3. The van der Waals surface area contributed by atoms with E-state index >= 15 is 0 Å². The van der Waals surface area contributed by atoms with Crippen LogP contribution in [-0.2, 0) is 13.0 Å². The molecule has 0 aliphatic rings. The van der Waals surface area contributed by atoms with Gasteiger partial charge in [0.25, 0.3) is 0 Å². The molecule has 0 unspecified atom stereocenters. The fourth-order valence-electron chi connectivity index (χ4n) is 1.76. The van der Waals surface area contributed by atoms with Crippen LogP contribution < -0.4 is 4.74 Å². The number of nitrogens with zero attached hydrogens (tertiary/aromatic N) is 3. The minimum absolute atomic E-state index is 0.192. The van der Waals surface area contributed by atoms with Gasteiger partial charge in [0.1, 0.15) is 5.75 Å². The zero-order valence-corrected chi connectivity index (χ0v) is 10.9. The number of ether oxygens (including phenoxy) is 1. The van der Waals surface area contributed by atoms with E-state index in [2.05, 4.69) is 10.3 Å².